The molecule has 2 fully saturated rings. The van der Waals surface area contributed by atoms with Gasteiger partial charge in [-0.3, -0.25) is 9.69 Å². The largest absolute Gasteiger partial charge is 0.340 e. The topological polar surface area (TPSA) is 62.5 Å². The Morgan fingerprint density at radius 3 is 2.84 bits per heavy atom. The molecule has 6 nitrogen and oxygen atoms in total. The average Bonchev–Trinajstić information content (AvgIpc) is 3.17. The number of hydrogen-bond donors (Lipinski definition) is 0. The number of carbonyl (C=O) groups is 1. The molecule has 1 saturated carbocycles. The Morgan fingerprint density at radius 2 is 2.08 bits per heavy atom. The molecule has 25 heavy (non-hydrogen) atoms. The van der Waals surface area contributed by atoms with Crippen molar-refractivity contribution in [1.82, 2.24) is 19.9 Å². The summed E-state index contributed by atoms with van der Waals surface area (Å²) in [5.41, 5.74) is 1.14. The maximum Gasteiger partial charge on any atom is 0.236 e. The summed E-state index contributed by atoms with van der Waals surface area (Å²) in [7, 11) is 1.86. The molecule has 1 aromatic heterocycles. The predicted octanol–water partition coefficient (Wildman–Crippen LogP) is 2.74. The van der Waals surface area contributed by atoms with Crippen molar-refractivity contribution >= 4 is 5.91 Å². The highest BCUT2D eigenvalue weighted by atomic mass is 16.5. The van der Waals surface area contributed by atoms with E-state index in [2.05, 4.69) is 15.0 Å². The third-order valence-corrected chi connectivity index (χ3v) is 5.07. The van der Waals surface area contributed by atoms with Crippen molar-refractivity contribution in [3.8, 4) is 0 Å². The Balaban J connectivity index is 1.37. The number of amides is 1. The minimum absolute atomic E-state index is 0.102. The van der Waals surface area contributed by atoms with Gasteiger partial charge in [0.1, 0.15) is 0 Å². The van der Waals surface area contributed by atoms with Crippen molar-refractivity contribution in [3.63, 3.8) is 0 Å². The molecule has 0 unspecified atom stereocenters. The zero-order chi connectivity index (χ0) is 17.2. The van der Waals surface area contributed by atoms with Crippen LogP contribution in [0.3, 0.4) is 0 Å². The van der Waals surface area contributed by atoms with Crippen LogP contribution in [0.2, 0.25) is 0 Å². The zero-order valence-electron chi connectivity index (χ0n) is 14.6. The number of aromatic nitrogens is 2. The highest BCUT2D eigenvalue weighted by Gasteiger charge is 2.35. The van der Waals surface area contributed by atoms with Gasteiger partial charge in [0.25, 0.3) is 0 Å². The average molecular weight is 340 g/mol. The first-order valence-electron chi connectivity index (χ1n) is 9.06. The summed E-state index contributed by atoms with van der Waals surface area (Å²) in [6.45, 7) is 1.94. The first-order chi connectivity index (χ1) is 12.2. The van der Waals surface area contributed by atoms with Crippen LogP contribution in [-0.2, 0) is 11.3 Å². The summed E-state index contributed by atoms with van der Waals surface area (Å²) in [6.07, 6.45) is 4.35. The number of nitrogens with zero attached hydrogens (tertiary/aromatic N) is 4. The fraction of sp³-hybridized carbons (Fsp3) is 0.526. The van der Waals surface area contributed by atoms with Gasteiger partial charge in [-0.25, -0.2) is 0 Å². The van der Waals surface area contributed by atoms with Gasteiger partial charge in [-0.1, -0.05) is 35.5 Å². The molecule has 0 spiro atoms. The highest BCUT2D eigenvalue weighted by Crippen LogP contribution is 2.40. The van der Waals surface area contributed by atoms with Crippen LogP contribution in [0.4, 0.5) is 0 Å². The Hall–Kier alpha value is -2.21. The van der Waals surface area contributed by atoms with E-state index in [9.17, 15) is 4.79 Å². The lowest BCUT2D eigenvalue weighted by molar-refractivity contribution is -0.131. The molecule has 0 radical (unpaired) electrons. The molecule has 2 heterocycles. The SMILES string of the molecule is CN(Cc1ccccc1)C(=O)CN1CCC[C@@H]1c1noc(C2CC2)n1. The molecular formula is C19H24N4O2. The minimum Gasteiger partial charge on any atom is -0.340 e. The maximum absolute atomic E-state index is 12.6. The van der Waals surface area contributed by atoms with E-state index in [1.165, 1.54) is 0 Å². The van der Waals surface area contributed by atoms with Crippen molar-refractivity contribution in [1.29, 1.82) is 0 Å². The number of carbonyl (C=O) groups excluding carboxylic acids is 1. The van der Waals surface area contributed by atoms with Gasteiger partial charge in [-0.05, 0) is 37.8 Å². The molecule has 1 atom stereocenters. The second kappa shape index (κ2) is 6.96. The molecule has 2 aliphatic rings. The third kappa shape index (κ3) is 3.74. The fourth-order valence-corrected chi connectivity index (χ4v) is 3.43. The second-order valence-electron chi connectivity index (χ2n) is 7.13. The first kappa shape index (κ1) is 16.3. The van der Waals surface area contributed by atoms with E-state index in [4.69, 9.17) is 4.52 Å². The van der Waals surface area contributed by atoms with Gasteiger partial charge in [0, 0.05) is 19.5 Å². The van der Waals surface area contributed by atoms with Crippen molar-refractivity contribution < 1.29 is 9.32 Å². The summed E-state index contributed by atoms with van der Waals surface area (Å²) < 4.78 is 5.40. The van der Waals surface area contributed by atoms with E-state index in [1.54, 1.807) is 4.90 Å². The van der Waals surface area contributed by atoms with Crippen molar-refractivity contribution in [2.24, 2.45) is 0 Å². The van der Waals surface area contributed by atoms with Gasteiger partial charge < -0.3 is 9.42 Å². The zero-order valence-corrected chi connectivity index (χ0v) is 14.6. The maximum atomic E-state index is 12.6. The Kier molecular flexibility index (Phi) is 4.53. The van der Waals surface area contributed by atoms with E-state index in [0.717, 1.165) is 49.5 Å². The number of likely N-dealkylation sites (N-methyl/N-ethyl adjacent to an activating group) is 1. The smallest absolute Gasteiger partial charge is 0.236 e. The monoisotopic (exact) mass is 340 g/mol. The molecule has 1 aromatic carbocycles. The van der Waals surface area contributed by atoms with E-state index in [0.29, 0.717) is 19.0 Å². The first-order valence-corrected chi connectivity index (χ1v) is 9.06. The number of benzene rings is 1. The minimum atomic E-state index is 0.102. The number of rotatable bonds is 6. The number of hydrogen-bond acceptors (Lipinski definition) is 5. The van der Waals surface area contributed by atoms with E-state index >= 15 is 0 Å². The molecule has 1 aliphatic heterocycles. The lowest BCUT2D eigenvalue weighted by atomic mass is 10.2. The normalized spacial score (nSPS) is 20.8. The molecule has 6 heteroatoms. The van der Waals surface area contributed by atoms with Gasteiger partial charge in [-0.15, -0.1) is 0 Å². The van der Waals surface area contributed by atoms with Crippen LogP contribution >= 0.6 is 0 Å². The number of likely N-dealkylation sites (tertiary alicyclic amines) is 1. The fourth-order valence-electron chi connectivity index (χ4n) is 3.43. The molecule has 0 N–H and O–H groups in total. The van der Waals surface area contributed by atoms with Crippen LogP contribution in [0.1, 0.15) is 54.9 Å². The van der Waals surface area contributed by atoms with Crippen LogP contribution < -0.4 is 0 Å². The van der Waals surface area contributed by atoms with Crippen molar-refractivity contribution in [3.05, 3.63) is 47.6 Å². The summed E-state index contributed by atoms with van der Waals surface area (Å²) in [5.74, 6) is 2.11. The summed E-state index contributed by atoms with van der Waals surface area (Å²) in [6, 6.07) is 10.2. The van der Waals surface area contributed by atoms with Crippen LogP contribution in [0.15, 0.2) is 34.9 Å². The highest BCUT2D eigenvalue weighted by molar-refractivity contribution is 5.78. The van der Waals surface area contributed by atoms with Gasteiger partial charge >= 0.3 is 0 Å². The Bertz CT molecular complexity index is 726. The van der Waals surface area contributed by atoms with Gasteiger partial charge in [0.2, 0.25) is 11.8 Å². The van der Waals surface area contributed by atoms with E-state index in [-0.39, 0.29) is 11.9 Å². The lowest BCUT2D eigenvalue weighted by Gasteiger charge is -2.25. The molecule has 2 aromatic rings. The van der Waals surface area contributed by atoms with Gasteiger partial charge in [0.15, 0.2) is 5.82 Å². The van der Waals surface area contributed by atoms with Crippen molar-refractivity contribution in [2.45, 2.75) is 44.2 Å². The molecule has 1 aliphatic carbocycles. The van der Waals surface area contributed by atoms with Crippen molar-refractivity contribution in [2.75, 3.05) is 20.1 Å². The van der Waals surface area contributed by atoms with Crippen LogP contribution in [0, 0.1) is 0 Å². The molecule has 132 valence electrons. The second-order valence-corrected chi connectivity index (χ2v) is 7.13. The Morgan fingerprint density at radius 1 is 1.28 bits per heavy atom. The van der Waals surface area contributed by atoms with E-state index in [1.807, 2.05) is 37.4 Å². The quantitative estimate of drug-likeness (QED) is 0.809. The Labute approximate surface area is 147 Å². The predicted molar refractivity (Wildman–Crippen MR) is 92.7 cm³/mol. The molecular weight excluding hydrogens is 316 g/mol. The van der Waals surface area contributed by atoms with Crippen LogP contribution in [0.25, 0.3) is 0 Å². The lowest BCUT2D eigenvalue weighted by Crippen LogP contribution is -2.38. The van der Waals surface area contributed by atoms with E-state index < -0.39 is 0 Å². The summed E-state index contributed by atoms with van der Waals surface area (Å²) in [5, 5.41) is 4.18. The standard InChI is InChI=1S/C19H24N4O2/c1-22(12-14-6-3-2-4-7-14)17(24)13-23-11-5-8-16(23)18-20-19(25-21-18)15-9-10-15/h2-4,6-7,15-16H,5,8-13H2,1H3/t16-/m1/s1. The molecule has 1 amide bonds. The van der Waals surface area contributed by atoms with Crippen LogP contribution in [-0.4, -0.2) is 46.0 Å². The summed E-state index contributed by atoms with van der Waals surface area (Å²) in [4.78, 5) is 21.2. The molecule has 0 bridgehead atoms. The third-order valence-electron chi connectivity index (χ3n) is 5.07. The summed E-state index contributed by atoms with van der Waals surface area (Å²) >= 11 is 0. The molecule has 1 saturated heterocycles. The van der Waals surface area contributed by atoms with Crippen LogP contribution in [0.5, 0.6) is 0 Å². The molecule has 4 rings (SSSR count). The van der Waals surface area contributed by atoms with Gasteiger partial charge in [0.05, 0.1) is 12.6 Å². The van der Waals surface area contributed by atoms with Gasteiger partial charge in [-0.2, -0.15) is 4.98 Å².